The SMILES string of the molecule is CN(CC(=O)N1CCCCC1CCO)c1ccc(Cl)cn1. The van der Waals surface area contributed by atoms with Crippen molar-refractivity contribution in [1.82, 2.24) is 9.88 Å². The predicted molar refractivity (Wildman–Crippen MR) is 83.6 cm³/mol. The van der Waals surface area contributed by atoms with Gasteiger partial charge in [-0.15, -0.1) is 0 Å². The van der Waals surface area contributed by atoms with Crippen LogP contribution in [0.25, 0.3) is 0 Å². The summed E-state index contributed by atoms with van der Waals surface area (Å²) in [7, 11) is 1.85. The van der Waals surface area contributed by atoms with Crippen molar-refractivity contribution in [3.8, 4) is 0 Å². The largest absolute Gasteiger partial charge is 0.396 e. The molecule has 2 rings (SSSR count). The van der Waals surface area contributed by atoms with Crippen LogP contribution in [-0.2, 0) is 4.79 Å². The van der Waals surface area contributed by atoms with Gasteiger partial charge in [0.25, 0.3) is 0 Å². The molecule has 0 bridgehead atoms. The van der Waals surface area contributed by atoms with E-state index in [9.17, 15) is 4.79 Å². The number of nitrogens with zero attached hydrogens (tertiary/aromatic N) is 3. The monoisotopic (exact) mass is 311 g/mol. The first-order chi connectivity index (χ1) is 10.1. The first-order valence-corrected chi connectivity index (χ1v) is 7.72. The van der Waals surface area contributed by atoms with E-state index in [1.54, 1.807) is 18.3 Å². The Bertz CT molecular complexity index is 464. The minimum absolute atomic E-state index is 0.0902. The zero-order valence-electron chi connectivity index (χ0n) is 12.3. The van der Waals surface area contributed by atoms with Gasteiger partial charge in [-0.3, -0.25) is 4.79 Å². The summed E-state index contributed by atoms with van der Waals surface area (Å²) in [6.07, 6.45) is 5.39. The molecular formula is C15H22ClN3O2. The Hall–Kier alpha value is -1.33. The van der Waals surface area contributed by atoms with Crippen LogP contribution in [0, 0.1) is 0 Å². The number of carbonyl (C=O) groups excluding carboxylic acids is 1. The fourth-order valence-corrected chi connectivity index (χ4v) is 2.86. The molecule has 1 atom stereocenters. The van der Waals surface area contributed by atoms with Crippen LogP contribution in [0.1, 0.15) is 25.7 Å². The van der Waals surface area contributed by atoms with Crippen LogP contribution < -0.4 is 4.90 Å². The molecule has 0 saturated carbocycles. The highest BCUT2D eigenvalue weighted by molar-refractivity contribution is 6.30. The molecule has 1 aromatic heterocycles. The van der Waals surface area contributed by atoms with Crippen molar-refractivity contribution < 1.29 is 9.90 Å². The van der Waals surface area contributed by atoms with Crippen LogP contribution in [0.5, 0.6) is 0 Å². The van der Waals surface area contributed by atoms with Gasteiger partial charge in [0.1, 0.15) is 5.82 Å². The average molecular weight is 312 g/mol. The van der Waals surface area contributed by atoms with Crippen molar-refractivity contribution in [1.29, 1.82) is 0 Å². The van der Waals surface area contributed by atoms with E-state index in [4.69, 9.17) is 16.7 Å². The third-order valence-electron chi connectivity index (χ3n) is 3.89. The van der Waals surface area contributed by atoms with Gasteiger partial charge in [0.2, 0.25) is 5.91 Å². The zero-order chi connectivity index (χ0) is 15.2. The van der Waals surface area contributed by atoms with E-state index in [0.29, 0.717) is 11.4 Å². The van der Waals surface area contributed by atoms with E-state index in [-0.39, 0.29) is 25.1 Å². The van der Waals surface area contributed by atoms with E-state index in [2.05, 4.69) is 4.98 Å². The molecule has 21 heavy (non-hydrogen) atoms. The lowest BCUT2D eigenvalue weighted by atomic mass is 9.99. The molecule has 0 aromatic carbocycles. The van der Waals surface area contributed by atoms with Crippen molar-refractivity contribution >= 4 is 23.3 Å². The quantitative estimate of drug-likeness (QED) is 0.903. The molecule has 1 aliphatic rings. The van der Waals surface area contributed by atoms with E-state index >= 15 is 0 Å². The van der Waals surface area contributed by atoms with Crippen LogP contribution in [0.4, 0.5) is 5.82 Å². The summed E-state index contributed by atoms with van der Waals surface area (Å²) in [6, 6.07) is 3.74. The minimum Gasteiger partial charge on any atom is -0.396 e. The van der Waals surface area contributed by atoms with Gasteiger partial charge in [-0.05, 0) is 37.8 Å². The van der Waals surface area contributed by atoms with Gasteiger partial charge in [0.15, 0.2) is 0 Å². The lowest BCUT2D eigenvalue weighted by Crippen LogP contribution is -2.48. The molecule has 0 spiro atoms. The van der Waals surface area contributed by atoms with E-state index in [1.807, 2.05) is 16.8 Å². The van der Waals surface area contributed by atoms with Crippen LogP contribution in [0.15, 0.2) is 18.3 Å². The molecule has 1 aliphatic heterocycles. The van der Waals surface area contributed by atoms with Crippen molar-refractivity contribution in [2.24, 2.45) is 0 Å². The molecular weight excluding hydrogens is 290 g/mol. The normalized spacial score (nSPS) is 18.6. The number of pyridine rings is 1. The number of aliphatic hydroxyl groups is 1. The third kappa shape index (κ3) is 4.32. The Balaban J connectivity index is 1.97. The van der Waals surface area contributed by atoms with Gasteiger partial charge < -0.3 is 14.9 Å². The average Bonchev–Trinajstić information content (AvgIpc) is 2.48. The number of likely N-dealkylation sites (tertiary alicyclic amines) is 1. The van der Waals surface area contributed by atoms with E-state index in [0.717, 1.165) is 31.6 Å². The van der Waals surface area contributed by atoms with Gasteiger partial charge in [-0.2, -0.15) is 0 Å². The van der Waals surface area contributed by atoms with Crippen molar-refractivity contribution in [3.05, 3.63) is 23.4 Å². The number of rotatable bonds is 5. The lowest BCUT2D eigenvalue weighted by Gasteiger charge is -2.36. The maximum Gasteiger partial charge on any atom is 0.242 e. The van der Waals surface area contributed by atoms with Crippen LogP contribution in [-0.4, -0.2) is 53.7 Å². The second kappa shape index (κ2) is 7.61. The molecule has 1 fully saturated rings. The number of carbonyl (C=O) groups is 1. The molecule has 1 N–H and O–H groups in total. The molecule has 1 aromatic rings. The molecule has 0 radical (unpaired) electrons. The summed E-state index contributed by atoms with van der Waals surface area (Å²) in [6.45, 7) is 1.20. The smallest absolute Gasteiger partial charge is 0.242 e. The number of likely N-dealkylation sites (N-methyl/N-ethyl adjacent to an activating group) is 1. The number of amides is 1. The minimum atomic E-state index is 0.0902. The highest BCUT2D eigenvalue weighted by Gasteiger charge is 2.26. The summed E-state index contributed by atoms with van der Waals surface area (Å²) < 4.78 is 0. The Morgan fingerprint density at radius 3 is 3.00 bits per heavy atom. The Morgan fingerprint density at radius 2 is 2.33 bits per heavy atom. The second-order valence-corrected chi connectivity index (χ2v) is 5.88. The number of hydrogen-bond acceptors (Lipinski definition) is 4. The Morgan fingerprint density at radius 1 is 1.52 bits per heavy atom. The number of hydrogen-bond donors (Lipinski definition) is 1. The summed E-state index contributed by atoms with van der Waals surface area (Å²) >= 11 is 5.82. The molecule has 116 valence electrons. The second-order valence-electron chi connectivity index (χ2n) is 5.44. The van der Waals surface area contributed by atoms with Crippen LogP contribution in [0.2, 0.25) is 5.02 Å². The molecule has 5 nitrogen and oxygen atoms in total. The maximum absolute atomic E-state index is 12.5. The highest BCUT2D eigenvalue weighted by Crippen LogP contribution is 2.20. The summed E-state index contributed by atoms with van der Waals surface area (Å²) in [4.78, 5) is 20.4. The molecule has 1 amide bonds. The number of piperidine rings is 1. The molecule has 1 saturated heterocycles. The van der Waals surface area contributed by atoms with Gasteiger partial charge >= 0.3 is 0 Å². The molecule has 0 aliphatic carbocycles. The van der Waals surface area contributed by atoms with Gasteiger partial charge in [0.05, 0.1) is 11.6 Å². The first kappa shape index (κ1) is 16.0. The number of aromatic nitrogens is 1. The third-order valence-corrected chi connectivity index (χ3v) is 4.11. The fraction of sp³-hybridized carbons (Fsp3) is 0.600. The predicted octanol–water partition coefficient (Wildman–Crippen LogP) is 1.93. The zero-order valence-corrected chi connectivity index (χ0v) is 13.1. The summed E-state index contributed by atoms with van der Waals surface area (Å²) in [5.74, 6) is 0.816. The standard InChI is InChI=1S/C15H22ClN3O2/c1-18(14-6-5-12(16)10-17-14)11-15(21)19-8-3-2-4-13(19)7-9-20/h5-6,10,13,20H,2-4,7-9,11H2,1H3. The van der Waals surface area contributed by atoms with Crippen molar-refractivity contribution in [2.45, 2.75) is 31.7 Å². The fourth-order valence-electron chi connectivity index (χ4n) is 2.75. The van der Waals surface area contributed by atoms with Crippen molar-refractivity contribution in [3.63, 3.8) is 0 Å². The van der Waals surface area contributed by atoms with Crippen LogP contribution in [0.3, 0.4) is 0 Å². The Labute approximate surface area is 130 Å². The first-order valence-electron chi connectivity index (χ1n) is 7.35. The summed E-state index contributed by atoms with van der Waals surface area (Å²) in [5.41, 5.74) is 0. The number of anilines is 1. The lowest BCUT2D eigenvalue weighted by molar-refractivity contribution is -0.133. The van der Waals surface area contributed by atoms with Crippen molar-refractivity contribution in [2.75, 3.05) is 31.6 Å². The molecule has 1 unspecified atom stereocenters. The summed E-state index contributed by atoms with van der Waals surface area (Å²) in [5, 5.41) is 9.71. The molecule has 6 heteroatoms. The van der Waals surface area contributed by atoms with Gasteiger partial charge in [-0.25, -0.2) is 4.98 Å². The van der Waals surface area contributed by atoms with E-state index < -0.39 is 0 Å². The van der Waals surface area contributed by atoms with Gasteiger partial charge in [-0.1, -0.05) is 11.6 Å². The topological polar surface area (TPSA) is 56.7 Å². The Kier molecular flexibility index (Phi) is 5.82. The van der Waals surface area contributed by atoms with Gasteiger partial charge in [0, 0.05) is 32.4 Å². The number of aliphatic hydroxyl groups excluding tert-OH is 1. The maximum atomic E-state index is 12.5. The van der Waals surface area contributed by atoms with Crippen LogP contribution >= 0.6 is 11.6 Å². The molecule has 2 heterocycles. The highest BCUT2D eigenvalue weighted by atomic mass is 35.5. The van der Waals surface area contributed by atoms with E-state index in [1.165, 1.54) is 0 Å². The number of halogens is 1.